The molecule has 0 aromatic rings. The summed E-state index contributed by atoms with van der Waals surface area (Å²) >= 11 is 0. The second-order valence-electron chi connectivity index (χ2n) is 4.26. The van der Waals surface area contributed by atoms with Crippen molar-refractivity contribution in [2.45, 2.75) is 39.7 Å². The second kappa shape index (κ2) is 8.68. The van der Waals surface area contributed by atoms with Crippen LogP contribution >= 0.6 is 0 Å². The molecule has 0 aromatic heterocycles. The molecular weight excluding hydrogens is 192 g/mol. The molecule has 0 aromatic carbocycles. The Balaban J connectivity index is 3.44. The van der Waals surface area contributed by atoms with Crippen molar-refractivity contribution in [2.24, 2.45) is 5.92 Å². The van der Waals surface area contributed by atoms with E-state index in [1.54, 1.807) is 0 Å². The highest BCUT2D eigenvalue weighted by Gasteiger charge is 2.08. The number of aliphatic hydroxyl groups excluding tert-OH is 1. The van der Waals surface area contributed by atoms with E-state index in [0.717, 1.165) is 19.4 Å². The van der Waals surface area contributed by atoms with Gasteiger partial charge in [0, 0.05) is 6.54 Å². The van der Waals surface area contributed by atoms with Crippen molar-refractivity contribution in [1.82, 2.24) is 10.6 Å². The molecule has 15 heavy (non-hydrogen) atoms. The van der Waals surface area contributed by atoms with E-state index in [-0.39, 0.29) is 5.91 Å². The molecular formula is C11H24N2O2. The summed E-state index contributed by atoms with van der Waals surface area (Å²) in [5.74, 6) is 0.404. The fourth-order valence-corrected chi connectivity index (χ4v) is 1.30. The Hall–Kier alpha value is -0.610. The molecule has 0 bridgehead atoms. The lowest BCUT2D eigenvalue weighted by Gasteiger charge is -2.13. The van der Waals surface area contributed by atoms with E-state index in [2.05, 4.69) is 17.6 Å². The number of hydrogen-bond donors (Lipinski definition) is 3. The first kappa shape index (κ1) is 14.4. The number of carbonyl (C=O) groups excluding carboxylic acids is 1. The highest BCUT2D eigenvalue weighted by Crippen LogP contribution is 2.02. The third kappa shape index (κ3) is 9.69. The van der Waals surface area contributed by atoms with E-state index >= 15 is 0 Å². The van der Waals surface area contributed by atoms with E-state index < -0.39 is 6.10 Å². The van der Waals surface area contributed by atoms with Gasteiger partial charge in [-0.3, -0.25) is 4.79 Å². The van der Waals surface area contributed by atoms with Crippen molar-refractivity contribution < 1.29 is 9.90 Å². The summed E-state index contributed by atoms with van der Waals surface area (Å²) in [5, 5.41) is 15.2. The first-order chi connectivity index (χ1) is 7.06. The zero-order valence-electron chi connectivity index (χ0n) is 10.0. The smallest absolute Gasteiger partial charge is 0.234 e. The van der Waals surface area contributed by atoms with Gasteiger partial charge in [-0.25, -0.2) is 0 Å². The Morgan fingerprint density at radius 2 is 2.07 bits per heavy atom. The van der Waals surface area contributed by atoms with Crippen molar-refractivity contribution in [3.05, 3.63) is 0 Å². The van der Waals surface area contributed by atoms with Crippen LogP contribution in [0.3, 0.4) is 0 Å². The minimum atomic E-state index is -0.430. The molecule has 0 aliphatic rings. The van der Waals surface area contributed by atoms with Crippen molar-refractivity contribution >= 4 is 5.91 Å². The fraction of sp³-hybridized carbons (Fsp3) is 0.909. The predicted molar refractivity (Wildman–Crippen MR) is 61.6 cm³/mol. The van der Waals surface area contributed by atoms with Gasteiger partial charge in [0.1, 0.15) is 0 Å². The number of aliphatic hydroxyl groups is 1. The molecule has 0 heterocycles. The summed E-state index contributed by atoms with van der Waals surface area (Å²) in [4.78, 5) is 11.2. The van der Waals surface area contributed by atoms with Gasteiger partial charge >= 0.3 is 0 Å². The van der Waals surface area contributed by atoms with Gasteiger partial charge in [0.2, 0.25) is 5.91 Å². The van der Waals surface area contributed by atoms with Crippen molar-refractivity contribution in [3.63, 3.8) is 0 Å². The van der Waals surface area contributed by atoms with E-state index in [1.807, 2.05) is 13.8 Å². The molecule has 0 saturated heterocycles. The topological polar surface area (TPSA) is 61.4 Å². The van der Waals surface area contributed by atoms with Crippen molar-refractivity contribution in [1.29, 1.82) is 0 Å². The number of nitrogens with one attached hydrogen (secondary N) is 2. The standard InChI is InChI=1S/C11H24N2O2/c1-4-5-12-8-11(15)13-7-10(14)6-9(2)3/h9-10,12,14H,4-8H2,1-3H3,(H,13,15). The van der Waals surface area contributed by atoms with Crippen LogP contribution < -0.4 is 10.6 Å². The van der Waals surface area contributed by atoms with E-state index in [1.165, 1.54) is 0 Å². The highest BCUT2D eigenvalue weighted by molar-refractivity contribution is 5.77. The number of hydrogen-bond acceptors (Lipinski definition) is 3. The van der Waals surface area contributed by atoms with Gasteiger partial charge in [-0.05, 0) is 25.3 Å². The Labute approximate surface area is 92.4 Å². The Kier molecular flexibility index (Phi) is 8.33. The molecule has 0 saturated carbocycles. The van der Waals surface area contributed by atoms with E-state index in [9.17, 15) is 9.90 Å². The quantitative estimate of drug-likeness (QED) is 0.518. The van der Waals surface area contributed by atoms with Crippen LogP contribution in [0.1, 0.15) is 33.6 Å². The molecule has 0 radical (unpaired) electrons. The van der Waals surface area contributed by atoms with Gasteiger partial charge in [-0.15, -0.1) is 0 Å². The highest BCUT2D eigenvalue weighted by atomic mass is 16.3. The lowest BCUT2D eigenvalue weighted by Crippen LogP contribution is -2.38. The molecule has 90 valence electrons. The molecule has 4 heteroatoms. The van der Waals surface area contributed by atoms with Gasteiger partial charge < -0.3 is 15.7 Å². The Morgan fingerprint density at radius 3 is 2.60 bits per heavy atom. The van der Waals surface area contributed by atoms with Crippen LogP contribution in [0.2, 0.25) is 0 Å². The maximum atomic E-state index is 11.2. The Bertz CT molecular complexity index is 172. The summed E-state index contributed by atoms with van der Waals surface area (Å²) in [5.41, 5.74) is 0. The number of amides is 1. The minimum Gasteiger partial charge on any atom is -0.391 e. The summed E-state index contributed by atoms with van der Waals surface area (Å²) in [6.45, 7) is 7.69. The van der Waals surface area contributed by atoms with Crippen molar-refractivity contribution in [2.75, 3.05) is 19.6 Å². The zero-order valence-corrected chi connectivity index (χ0v) is 10.0. The lowest BCUT2D eigenvalue weighted by molar-refractivity contribution is -0.120. The molecule has 0 rings (SSSR count). The van der Waals surface area contributed by atoms with Gasteiger partial charge in [0.15, 0.2) is 0 Å². The van der Waals surface area contributed by atoms with Gasteiger partial charge in [0.05, 0.1) is 12.6 Å². The second-order valence-corrected chi connectivity index (χ2v) is 4.26. The normalized spacial score (nSPS) is 12.9. The molecule has 1 amide bonds. The number of carbonyl (C=O) groups is 1. The molecule has 4 nitrogen and oxygen atoms in total. The van der Waals surface area contributed by atoms with Crippen LogP contribution in [0.5, 0.6) is 0 Å². The molecule has 0 aliphatic heterocycles. The van der Waals surface area contributed by atoms with Crippen LogP contribution in [-0.2, 0) is 4.79 Å². The van der Waals surface area contributed by atoms with Crippen LogP contribution in [-0.4, -0.2) is 36.8 Å². The third-order valence-electron chi connectivity index (χ3n) is 1.99. The van der Waals surface area contributed by atoms with E-state index in [4.69, 9.17) is 0 Å². The van der Waals surface area contributed by atoms with Crippen LogP contribution in [0.4, 0.5) is 0 Å². The fourth-order valence-electron chi connectivity index (χ4n) is 1.30. The predicted octanol–water partition coefficient (Wildman–Crippen LogP) is 0.509. The average Bonchev–Trinajstić information content (AvgIpc) is 2.14. The maximum absolute atomic E-state index is 11.2. The van der Waals surface area contributed by atoms with Gasteiger partial charge in [0.25, 0.3) is 0 Å². The largest absolute Gasteiger partial charge is 0.391 e. The van der Waals surface area contributed by atoms with Crippen LogP contribution in [0, 0.1) is 5.92 Å². The molecule has 0 fully saturated rings. The van der Waals surface area contributed by atoms with Crippen LogP contribution in [0.15, 0.2) is 0 Å². The van der Waals surface area contributed by atoms with Crippen LogP contribution in [0.25, 0.3) is 0 Å². The molecule has 0 aliphatic carbocycles. The summed E-state index contributed by atoms with van der Waals surface area (Å²) in [6, 6.07) is 0. The van der Waals surface area contributed by atoms with E-state index in [0.29, 0.717) is 19.0 Å². The third-order valence-corrected chi connectivity index (χ3v) is 1.99. The van der Waals surface area contributed by atoms with Gasteiger partial charge in [-0.1, -0.05) is 20.8 Å². The molecule has 1 atom stereocenters. The molecule has 0 spiro atoms. The monoisotopic (exact) mass is 216 g/mol. The first-order valence-electron chi connectivity index (χ1n) is 5.71. The van der Waals surface area contributed by atoms with Crippen molar-refractivity contribution in [3.8, 4) is 0 Å². The first-order valence-corrected chi connectivity index (χ1v) is 5.71. The average molecular weight is 216 g/mol. The summed E-state index contributed by atoms with van der Waals surface area (Å²) < 4.78 is 0. The SMILES string of the molecule is CCCNCC(=O)NCC(O)CC(C)C. The molecule has 1 unspecified atom stereocenters. The summed E-state index contributed by atoms with van der Waals surface area (Å²) in [7, 11) is 0. The molecule has 3 N–H and O–H groups in total. The summed E-state index contributed by atoms with van der Waals surface area (Å²) in [6.07, 6.45) is 1.31. The Morgan fingerprint density at radius 1 is 1.40 bits per heavy atom. The minimum absolute atomic E-state index is 0.0498. The zero-order chi connectivity index (χ0) is 11.7. The maximum Gasteiger partial charge on any atom is 0.234 e. The van der Waals surface area contributed by atoms with Gasteiger partial charge in [-0.2, -0.15) is 0 Å². The lowest BCUT2D eigenvalue weighted by atomic mass is 10.1. The number of rotatable bonds is 8.